The molecule has 3 aromatic carbocycles. The van der Waals surface area contributed by atoms with Crippen molar-refractivity contribution in [2.75, 3.05) is 26.7 Å². The van der Waals surface area contributed by atoms with Crippen molar-refractivity contribution >= 4 is 52.5 Å². The van der Waals surface area contributed by atoms with Crippen molar-refractivity contribution in [1.29, 1.82) is 0 Å². The van der Waals surface area contributed by atoms with Crippen LogP contribution < -0.4 is 14.9 Å². The number of phenolic OH excluding ortho intramolecular Hbond substituents is 1. The Hall–Kier alpha value is -4.54. The molecule has 6 atom stereocenters. The molecule has 2 aliphatic carbocycles. The van der Waals surface area contributed by atoms with Gasteiger partial charge in [0.2, 0.25) is 11.8 Å². The van der Waals surface area contributed by atoms with Gasteiger partial charge in [0, 0.05) is 23.6 Å². The van der Waals surface area contributed by atoms with Crippen molar-refractivity contribution in [3.05, 3.63) is 93.5 Å². The number of carbonyl (C=O) groups excluding carboxylic acids is 4. The van der Waals surface area contributed by atoms with Crippen LogP contribution in [0.15, 0.2) is 72.3 Å². The molecule has 3 aromatic rings. The Balaban J connectivity index is 1.51. The van der Waals surface area contributed by atoms with E-state index in [9.17, 15) is 19.5 Å². The van der Waals surface area contributed by atoms with Gasteiger partial charge in [-0.05, 0) is 66.8 Å². The maximum atomic E-state index is 15.2. The number of hydrogen-bond acceptors (Lipinski definition) is 8. The van der Waals surface area contributed by atoms with Gasteiger partial charge in [0.25, 0.3) is 11.8 Å². The van der Waals surface area contributed by atoms with Crippen LogP contribution >= 0.6 is 23.2 Å². The Morgan fingerprint density at radius 2 is 1.66 bits per heavy atom. The summed E-state index contributed by atoms with van der Waals surface area (Å²) < 4.78 is 11.2. The largest absolute Gasteiger partial charge is 0.508 e. The molecule has 1 saturated carbocycles. The molecule has 0 spiro atoms. The zero-order valence-corrected chi connectivity index (χ0v) is 27.2. The van der Waals surface area contributed by atoms with Crippen molar-refractivity contribution in [1.82, 2.24) is 9.91 Å². The van der Waals surface area contributed by atoms with Gasteiger partial charge >= 0.3 is 0 Å². The Kier molecular flexibility index (Phi) is 7.48. The monoisotopic (exact) mass is 675 g/mol. The summed E-state index contributed by atoms with van der Waals surface area (Å²) in [7, 11) is 4.47. The quantitative estimate of drug-likeness (QED) is 0.265. The number of imide groups is 2. The number of hydrazine groups is 1. The standard InChI is InChI=1S/C35H31Cl2N3O7/c1-39-31(42)21-13-12-20-22(28(21)33(39)44)16-23-32(43)40(38-25-14-9-18(36)15-24(25)37)34(45)35(23,17-7-10-19(46-2)11-8-17)30(20)29-26(41)5-4-6-27(29)47-3/h4-12,14-15,21-23,28,30,38,41H,13,16H2,1-3H3/t21-,22+,23-,28-,30+,35+/m0/s1. The number of nitrogens with one attached hydrogen (secondary N) is 1. The lowest BCUT2D eigenvalue weighted by Crippen LogP contribution is -2.53. The van der Waals surface area contributed by atoms with Gasteiger partial charge in [-0.2, -0.15) is 5.01 Å². The maximum Gasteiger partial charge on any atom is 0.260 e. The number of anilines is 1. The average Bonchev–Trinajstić information content (AvgIpc) is 3.42. The van der Waals surface area contributed by atoms with Crippen LogP contribution in [0, 0.1) is 23.7 Å². The van der Waals surface area contributed by atoms with Crippen LogP contribution in [0.4, 0.5) is 5.69 Å². The number of carbonyl (C=O) groups is 4. The van der Waals surface area contributed by atoms with E-state index in [1.165, 1.54) is 33.4 Å². The van der Waals surface area contributed by atoms with E-state index >= 15 is 4.79 Å². The zero-order chi connectivity index (χ0) is 33.4. The summed E-state index contributed by atoms with van der Waals surface area (Å²) in [4.78, 5) is 57.9. The summed E-state index contributed by atoms with van der Waals surface area (Å²) in [6.07, 6.45) is 2.29. The van der Waals surface area contributed by atoms with E-state index in [4.69, 9.17) is 32.7 Å². The van der Waals surface area contributed by atoms with Crippen LogP contribution in [0.1, 0.15) is 29.9 Å². The van der Waals surface area contributed by atoms with Crippen molar-refractivity contribution in [3.8, 4) is 17.2 Å². The molecule has 2 saturated heterocycles. The lowest BCUT2D eigenvalue weighted by molar-refractivity contribution is -0.140. The number of rotatable bonds is 6. The molecular weight excluding hydrogens is 645 g/mol. The number of ether oxygens (including phenoxy) is 2. The summed E-state index contributed by atoms with van der Waals surface area (Å²) in [6, 6.07) is 16.4. The van der Waals surface area contributed by atoms with E-state index < -0.39 is 46.8 Å². The molecule has 4 aliphatic rings. The predicted molar refractivity (Wildman–Crippen MR) is 173 cm³/mol. The minimum absolute atomic E-state index is 0.107. The third kappa shape index (κ3) is 4.38. The second-order valence-electron chi connectivity index (χ2n) is 12.3. The number of methoxy groups -OCH3 is 2. The Morgan fingerprint density at radius 1 is 0.915 bits per heavy atom. The second kappa shape index (κ2) is 11.3. The molecule has 2 N–H and O–H groups in total. The molecule has 2 heterocycles. The molecule has 242 valence electrons. The molecule has 47 heavy (non-hydrogen) atoms. The number of benzene rings is 3. The molecule has 4 amide bonds. The molecule has 12 heteroatoms. The van der Waals surface area contributed by atoms with E-state index in [1.54, 1.807) is 48.5 Å². The van der Waals surface area contributed by atoms with Crippen LogP contribution in [-0.2, 0) is 24.6 Å². The number of aromatic hydroxyl groups is 1. The minimum atomic E-state index is -1.62. The molecule has 3 fully saturated rings. The smallest absolute Gasteiger partial charge is 0.260 e. The summed E-state index contributed by atoms with van der Waals surface area (Å²) in [6.45, 7) is 0. The van der Waals surface area contributed by atoms with Gasteiger partial charge < -0.3 is 14.6 Å². The highest BCUT2D eigenvalue weighted by atomic mass is 35.5. The molecular formula is C35H31Cl2N3O7. The van der Waals surface area contributed by atoms with E-state index in [2.05, 4.69) is 5.43 Å². The van der Waals surface area contributed by atoms with E-state index in [-0.39, 0.29) is 41.1 Å². The summed E-state index contributed by atoms with van der Waals surface area (Å²) in [5, 5.41) is 13.1. The van der Waals surface area contributed by atoms with Crippen molar-refractivity contribution in [2.45, 2.75) is 24.2 Å². The zero-order valence-electron chi connectivity index (χ0n) is 25.7. The SMILES string of the molecule is COc1ccc([C@@]23C(=O)N(Nc4ccc(Cl)cc4Cl)C(=O)[C@@H]2C[C@@H]2C(=CC[C@@H]4C(=O)N(C)C(=O)[C@@H]42)[C@@H]3c2c(O)cccc2OC)cc1. The summed E-state index contributed by atoms with van der Waals surface area (Å²) in [5.41, 5.74) is 3.13. The fourth-order valence-corrected chi connectivity index (χ4v) is 8.77. The molecule has 0 aromatic heterocycles. The van der Waals surface area contributed by atoms with Crippen molar-refractivity contribution in [2.24, 2.45) is 23.7 Å². The Bertz CT molecular complexity index is 1880. The number of allylic oxidation sites excluding steroid dienone is 2. The number of fused-ring (bicyclic) bond motifs is 4. The van der Waals surface area contributed by atoms with E-state index in [0.717, 1.165) is 9.91 Å². The van der Waals surface area contributed by atoms with Gasteiger partial charge in [-0.15, -0.1) is 0 Å². The van der Waals surface area contributed by atoms with Gasteiger partial charge in [-0.1, -0.05) is 53.1 Å². The maximum absolute atomic E-state index is 15.2. The van der Waals surface area contributed by atoms with Crippen LogP contribution in [0.3, 0.4) is 0 Å². The third-order valence-electron chi connectivity index (χ3n) is 10.4. The van der Waals surface area contributed by atoms with Gasteiger partial charge in [-0.25, -0.2) is 0 Å². The topological polar surface area (TPSA) is 125 Å². The van der Waals surface area contributed by atoms with Gasteiger partial charge in [0.15, 0.2) is 0 Å². The third-order valence-corrected chi connectivity index (χ3v) is 10.9. The van der Waals surface area contributed by atoms with Crippen molar-refractivity contribution in [3.63, 3.8) is 0 Å². The van der Waals surface area contributed by atoms with Crippen LogP contribution in [0.2, 0.25) is 10.0 Å². The molecule has 0 bridgehead atoms. The van der Waals surface area contributed by atoms with Gasteiger partial charge in [0.05, 0.1) is 48.1 Å². The highest BCUT2D eigenvalue weighted by Gasteiger charge is 2.71. The fourth-order valence-electron chi connectivity index (χ4n) is 8.32. The van der Waals surface area contributed by atoms with Gasteiger partial charge in [-0.3, -0.25) is 29.5 Å². The molecule has 2 aliphatic heterocycles. The second-order valence-corrected chi connectivity index (χ2v) is 13.2. The van der Waals surface area contributed by atoms with Crippen LogP contribution in [0.5, 0.6) is 17.2 Å². The number of hydrogen-bond donors (Lipinski definition) is 2. The Morgan fingerprint density at radius 3 is 2.34 bits per heavy atom. The predicted octanol–water partition coefficient (Wildman–Crippen LogP) is 5.33. The highest BCUT2D eigenvalue weighted by Crippen LogP contribution is 2.65. The number of likely N-dealkylation sites (tertiary alicyclic amines) is 1. The first-order valence-electron chi connectivity index (χ1n) is 15.2. The first-order chi connectivity index (χ1) is 22.5. The lowest BCUT2D eigenvalue weighted by atomic mass is 9.49. The van der Waals surface area contributed by atoms with E-state index in [0.29, 0.717) is 33.2 Å². The first-order valence-corrected chi connectivity index (χ1v) is 15.9. The fraction of sp³-hybridized carbons (Fsp3) is 0.314. The summed E-state index contributed by atoms with van der Waals surface area (Å²) in [5.74, 6) is -4.86. The average molecular weight is 677 g/mol. The minimum Gasteiger partial charge on any atom is -0.508 e. The normalized spacial score (nSPS) is 28.1. The highest BCUT2D eigenvalue weighted by molar-refractivity contribution is 6.36. The Labute approximate surface area is 280 Å². The van der Waals surface area contributed by atoms with Crippen LogP contribution in [0.25, 0.3) is 0 Å². The number of nitrogens with zero attached hydrogens (tertiary/aromatic N) is 2. The molecule has 7 rings (SSSR count). The first kappa shape index (κ1) is 31.1. The number of halogens is 2. The van der Waals surface area contributed by atoms with Crippen LogP contribution in [-0.4, -0.2) is 59.9 Å². The summed E-state index contributed by atoms with van der Waals surface area (Å²) >= 11 is 12.6. The van der Waals surface area contributed by atoms with E-state index in [1.807, 2.05) is 6.08 Å². The molecule has 0 radical (unpaired) electrons. The lowest BCUT2D eigenvalue weighted by Gasteiger charge is -2.50. The number of phenols is 1. The molecule has 10 nitrogen and oxygen atoms in total. The van der Waals surface area contributed by atoms with Gasteiger partial charge in [0.1, 0.15) is 17.2 Å². The number of amides is 4. The van der Waals surface area contributed by atoms with Crippen molar-refractivity contribution < 1.29 is 33.8 Å². The molecule has 0 unspecified atom stereocenters.